The van der Waals surface area contributed by atoms with Gasteiger partial charge in [0.05, 0.1) is 18.3 Å². The van der Waals surface area contributed by atoms with Gasteiger partial charge < -0.3 is 14.0 Å². The first-order valence-electron chi connectivity index (χ1n) is 8.98. The van der Waals surface area contributed by atoms with E-state index in [0.717, 1.165) is 37.3 Å². The molecule has 1 aliphatic rings. The summed E-state index contributed by atoms with van der Waals surface area (Å²) in [4.78, 5) is 11.0. The number of hydrogen-bond donors (Lipinski definition) is 0. The third-order valence-corrected chi connectivity index (χ3v) is 9.94. The fourth-order valence-corrected chi connectivity index (χ4v) is 6.46. The van der Waals surface area contributed by atoms with Crippen molar-refractivity contribution in [3.63, 3.8) is 0 Å². The van der Waals surface area contributed by atoms with E-state index < -0.39 is 8.32 Å². The maximum atomic E-state index is 11.0. The lowest BCUT2D eigenvalue weighted by Gasteiger charge is -2.40. The lowest BCUT2D eigenvalue weighted by atomic mass is 9.95. The molecule has 1 fully saturated rings. The summed E-state index contributed by atoms with van der Waals surface area (Å²) in [6, 6.07) is 13.8. The van der Waals surface area contributed by atoms with Crippen molar-refractivity contribution < 1.29 is 14.0 Å². The Morgan fingerprint density at radius 3 is 2.35 bits per heavy atom. The van der Waals surface area contributed by atoms with Crippen molar-refractivity contribution in [1.29, 1.82) is 0 Å². The highest BCUT2D eigenvalue weighted by atomic mass is 28.4. The Morgan fingerprint density at radius 2 is 1.78 bits per heavy atom. The van der Waals surface area contributed by atoms with Gasteiger partial charge in [-0.05, 0) is 30.1 Å². The lowest BCUT2D eigenvalue weighted by molar-refractivity contribution is -0.120. The SMILES string of the molecule is CC[Si](CC)(CC)O[C@H]1C[C@H](CC=O)O[C@H](c2ccccc2)C1. The molecule has 1 aromatic rings. The van der Waals surface area contributed by atoms with Crippen LogP contribution in [0.1, 0.15) is 51.7 Å². The fraction of sp³-hybridized carbons (Fsp3) is 0.632. The molecule has 0 unspecified atom stereocenters. The molecule has 0 aromatic heterocycles. The molecule has 23 heavy (non-hydrogen) atoms. The van der Waals surface area contributed by atoms with Crippen LogP contribution in [0.2, 0.25) is 18.1 Å². The molecular weight excluding hydrogens is 304 g/mol. The van der Waals surface area contributed by atoms with Crippen LogP contribution in [0, 0.1) is 0 Å². The van der Waals surface area contributed by atoms with Crippen molar-refractivity contribution in [2.24, 2.45) is 0 Å². The Balaban J connectivity index is 2.13. The molecule has 3 atom stereocenters. The molecule has 4 heteroatoms. The number of carbonyl (C=O) groups is 1. The van der Waals surface area contributed by atoms with E-state index in [1.165, 1.54) is 5.56 Å². The number of carbonyl (C=O) groups excluding carboxylic acids is 1. The predicted molar refractivity (Wildman–Crippen MR) is 96.0 cm³/mol. The monoisotopic (exact) mass is 334 g/mol. The van der Waals surface area contributed by atoms with Gasteiger partial charge in [-0.2, -0.15) is 0 Å². The highest BCUT2D eigenvalue weighted by Gasteiger charge is 2.37. The fourth-order valence-electron chi connectivity index (χ4n) is 3.56. The molecule has 0 amide bonds. The van der Waals surface area contributed by atoms with Crippen LogP contribution >= 0.6 is 0 Å². The van der Waals surface area contributed by atoms with Crippen molar-refractivity contribution in [2.75, 3.05) is 0 Å². The summed E-state index contributed by atoms with van der Waals surface area (Å²) >= 11 is 0. The van der Waals surface area contributed by atoms with Crippen molar-refractivity contribution in [1.82, 2.24) is 0 Å². The summed E-state index contributed by atoms with van der Waals surface area (Å²) in [5, 5.41) is 0. The van der Waals surface area contributed by atoms with Gasteiger partial charge in [0.25, 0.3) is 0 Å². The minimum atomic E-state index is -1.63. The van der Waals surface area contributed by atoms with Crippen LogP contribution in [0.4, 0.5) is 0 Å². The summed E-state index contributed by atoms with van der Waals surface area (Å²) in [6.45, 7) is 6.78. The molecule has 0 bridgehead atoms. The van der Waals surface area contributed by atoms with Gasteiger partial charge >= 0.3 is 0 Å². The van der Waals surface area contributed by atoms with E-state index in [0.29, 0.717) is 6.42 Å². The summed E-state index contributed by atoms with van der Waals surface area (Å²) in [5.74, 6) is 0. The predicted octanol–water partition coefficient (Wildman–Crippen LogP) is 4.89. The van der Waals surface area contributed by atoms with Crippen LogP contribution in [0.15, 0.2) is 30.3 Å². The van der Waals surface area contributed by atoms with E-state index in [4.69, 9.17) is 9.16 Å². The Labute approximate surface area is 141 Å². The zero-order chi connectivity index (χ0) is 16.7. The van der Waals surface area contributed by atoms with Crippen LogP contribution in [-0.2, 0) is 14.0 Å². The Kier molecular flexibility index (Phi) is 7.00. The highest BCUT2D eigenvalue weighted by molar-refractivity contribution is 6.73. The zero-order valence-electron chi connectivity index (χ0n) is 14.7. The molecule has 2 rings (SSSR count). The van der Waals surface area contributed by atoms with Gasteiger partial charge in [-0.15, -0.1) is 0 Å². The number of aldehydes is 1. The van der Waals surface area contributed by atoms with Crippen molar-refractivity contribution in [2.45, 2.75) is 76.5 Å². The van der Waals surface area contributed by atoms with Crippen molar-refractivity contribution in [3.05, 3.63) is 35.9 Å². The minimum Gasteiger partial charge on any atom is -0.414 e. The highest BCUT2D eigenvalue weighted by Crippen LogP contribution is 2.36. The van der Waals surface area contributed by atoms with E-state index in [9.17, 15) is 4.79 Å². The Morgan fingerprint density at radius 1 is 1.13 bits per heavy atom. The van der Waals surface area contributed by atoms with E-state index in [2.05, 4.69) is 32.9 Å². The second-order valence-electron chi connectivity index (χ2n) is 6.51. The standard InChI is InChI=1S/C19H30O3Si/c1-4-23(5-2,6-3)22-18-14-17(12-13-20)21-19(15-18)16-10-8-7-9-11-16/h7-11,13,17-19H,4-6,12,14-15H2,1-3H3/t17-,18-,19-/m0/s1. The Bertz CT molecular complexity index is 464. The van der Waals surface area contributed by atoms with E-state index in [1.807, 2.05) is 18.2 Å². The third kappa shape index (κ3) is 4.75. The molecule has 1 saturated heterocycles. The maximum Gasteiger partial charge on any atom is 0.192 e. The maximum absolute atomic E-state index is 11.0. The van der Waals surface area contributed by atoms with Gasteiger partial charge in [0, 0.05) is 12.8 Å². The molecule has 1 aliphatic heterocycles. The molecule has 0 radical (unpaired) electrons. The summed E-state index contributed by atoms with van der Waals surface area (Å²) in [6.07, 6.45) is 3.41. The Hall–Kier alpha value is -0.973. The van der Waals surface area contributed by atoms with Crippen molar-refractivity contribution in [3.8, 4) is 0 Å². The van der Waals surface area contributed by atoms with Crippen molar-refractivity contribution >= 4 is 14.6 Å². The quantitative estimate of drug-likeness (QED) is 0.502. The molecule has 1 heterocycles. The average Bonchev–Trinajstić information content (AvgIpc) is 2.61. The second kappa shape index (κ2) is 8.76. The molecule has 0 aliphatic carbocycles. The van der Waals surface area contributed by atoms with Gasteiger partial charge in [0.15, 0.2) is 8.32 Å². The van der Waals surface area contributed by atoms with Gasteiger partial charge in [0.2, 0.25) is 0 Å². The van der Waals surface area contributed by atoms with E-state index in [-0.39, 0.29) is 18.3 Å². The normalized spacial score (nSPS) is 25.3. The first-order chi connectivity index (χ1) is 11.2. The summed E-state index contributed by atoms with van der Waals surface area (Å²) in [7, 11) is -1.63. The number of benzene rings is 1. The third-order valence-electron chi connectivity index (χ3n) is 5.24. The second-order valence-corrected chi connectivity index (χ2v) is 11.2. The number of ether oxygens (including phenoxy) is 1. The van der Waals surface area contributed by atoms with E-state index in [1.54, 1.807) is 0 Å². The molecule has 0 saturated carbocycles. The van der Waals surface area contributed by atoms with Crippen LogP contribution in [-0.4, -0.2) is 26.8 Å². The van der Waals surface area contributed by atoms with Crippen LogP contribution in [0.5, 0.6) is 0 Å². The van der Waals surface area contributed by atoms with Gasteiger partial charge in [-0.1, -0.05) is 51.1 Å². The summed E-state index contributed by atoms with van der Waals surface area (Å²) in [5.41, 5.74) is 1.19. The molecular formula is C19H30O3Si. The van der Waals surface area contributed by atoms with Gasteiger partial charge in [-0.25, -0.2) is 0 Å². The van der Waals surface area contributed by atoms with Crippen LogP contribution < -0.4 is 0 Å². The van der Waals surface area contributed by atoms with Crippen LogP contribution in [0.3, 0.4) is 0 Å². The zero-order valence-corrected chi connectivity index (χ0v) is 15.7. The smallest absolute Gasteiger partial charge is 0.192 e. The first kappa shape index (κ1) is 18.4. The molecule has 0 spiro atoms. The number of rotatable bonds is 8. The molecule has 128 valence electrons. The topological polar surface area (TPSA) is 35.5 Å². The first-order valence-corrected chi connectivity index (χ1v) is 11.5. The lowest BCUT2D eigenvalue weighted by Crippen LogP contribution is -2.44. The molecule has 0 N–H and O–H groups in total. The van der Waals surface area contributed by atoms with E-state index >= 15 is 0 Å². The largest absolute Gasteiger partial charge is 0.414 e. The number of hydrogen-bond acceptors (Lipinski definition) is 3. The molecule has 1 aromatic carbocycles. The minimum absolute atomic E-state index is 0.0197. The van der Waals surface area contributed by atoms with Gasteiger partial charge in [-0.3, -0.25) is 0 Å². The summed E-state index contributed by atoms with van der Waals surface area (Å²) < 4.78 is 12.9. The average molecular weight is 335 g/mol. The van der Waals surface area contributed by atoms with Crippen LogP contribution in [0.25, 0.3) is 0 Å². The molecule has 3 nitrogen and oxygen atoms in total. The van der Waals surface area contributed by atoms with Gasteiger partial charge in [0.1, 0.15) is 6.29 Å².